The summed E-state index contributed by atoms with van der Waals surface area (Å²) in [6.07, 6.45) is 0. The predicted molar refractivity (Wildman–Crippen MR) is 80.9 cm³/mol. The van der Waals surface area contributed by atoms with Gasteiger partial charge in [-0.25, -0.2) is 9.67 Å². The number of aromatic nitrogens is 3. The summed E-state index contributed by atoms with van der Waals surface area (Å²) in [4.78, 5) is 32.0. The normalized spacial score (nSPS) is 19.7. The van der Waals surface area contributed by atoms with Crippen LogP contribution in [0.2, 0.25) is 0 Å². The van der Waals surface area contributed by atoms with E-state index in [1.165, 1.54) is 0 Å². The molecule has 8 nitrogen and oxygen atoms in total. The van der Waals surface area contributed by atoms with Crippen LogP contribution in [0.1, 0.15) is 25.5 Å². The van der Waals surface area contributed by atoms with Crippen molar-refractivity contribution in [2.24, 2.45) is 5.73 Å². The highest BCUT2D eigenvalue weighted by Crippen LogP contribution is 2.14. The molecule has 0 aliphatic carbocycles. The van der Waals surface area contributed by atoms with Gasteiger partial charge in [-0.2, -0.15) is 5.10 Å². The van der Waals surface area contributed by atoms with Crippen LogP contribution in [0.25, 0.3) is 0 Å². The number of carbonyl (C=O) groups excluding carboxylic acids is 2. The molecule has 1 aliphatic heterocycles. The van der Waals surface area contributed by atoms with Gasteiger partial charge in [-0.1, -0.05) is 0 Å². The minimum Gasteiger partial charge on any atom is -0.368 e. The Kier molecular flexibility index (Phi) is 4.80. The Labute approximate surface area is 130 Å². The second kappa shape index (κ2) is 6.43. The van der Waals surface area contributed by atoms with E-state index in [0.717, 1.165) is 0 Å². The molecule has 1 aliphatic rings. The Morgan fingerprint density at radius 3 is 2.50 bits per heavy atom. The van der Waals surface area contributed by atoms with Crippen molar-refractivity contribution < 1.29 is 9.59 Å². The van der Waals surface area contributed by atoms with E-state index in [1.54, 1.807) is 16.5 Å². The van der Waals surface area contributed by atoms with Crippen molar-refractivity contribution in [3.8, 4) is 0 Å². The van der Waals surface area contributed by atoms with Crippen molar-refractivity contribution in [2.45, 2.75) is 46.3 Å². The lowest BCUT2D eigenvalue weighted by atomic mass is 10.1. The second-order valence-electron chi connectivity index (χ2n) is 5.95. The van der Waals surface area contributed by atoms with Gasteiger partial charge in [-0.05, 0) is 27.7 Å². The van der Waals surface area contributed by atoms with E-state index in [1.807, 2.05) is 25.7 Å². The van der Waals surface area contributed by atoms with Gasteiger partial charge in [-0.15, -0.1) is 0 Å². The number of carbonyl (C=O) groups is 2. The highest BCUT2D eigenvalue weighted by molar-refractivity contribution is 5.82. The van der Waals surface area contributed by atoms with Crippen LogP contribution >= 0.6 is 0 Å². The lowest BCUT2D eigenvalue weighted by molar-refractivity contribution is -0.138. The van der Waals surface area contributed by atoms with Gasteiger partial charge in [0.15, 0.2) is 0 Å². The Bertz CT molecular complexity index is 568. The second-order valence-corrected chi connectivity index (χ2v) is 5.95. The molecule has 2 rings (SSSR count). The van der Waals surface area contributed by atoms with Gasteiger partial charge in [0.2, 0.25) is 11.8 Å². The summed E-state index contributed by atoms with van der Waals surface area (Å²) >= 11 is 0. The summed E-state index contributed by atoms with van der Waals surface area (Å²) in [5, 5.41) is 4.20. The van der Waals surface area contributed by atoms with Crippen LogP contribution in [-0.2, 0) is 16.1 Å². The third-order valence-electron chi connectivity index (χ3n) is 4.01. The van der Waals surface area contributed by atoms with Crippen molar-refractivity contribution in [1.82, 2.24) is 24.6 Å². The Morgan fingerprint density at radius 2 is 2.00 bits per heavy atom. The molecule has 1 unspecified atom stereocenters. The van der Waals surface area contributed by atoms with Gasteiger partial charge >= 0.3 is 0 Å². The van der Waals surface area contributed by atoms with E-state index in [2.05, 4.69) is 10.1 Å². The number of amides is 2. The zero-order chi connectivity index (χ0) is 16.4. The third kappa shape index (κ3) is 3.44. The maximum Gasteiger partial charge on any atom is 0.244 e. The fourth-order valence-electron chi connectivity index (χ4n) is 2.83. The fourth-order valence-corrected chi connectivity index (χ4v) is 2.83. The predicted octanol–water partition coefficient (Wildman–Crippen LogP) is -0.699. The Morgan fingerprint density at radius 1 is 1.32 bits per heavy atom. The summed E-state index contributed by atoms with van der Waals surface area (Å²) in [6, 6.07) is -0.216. The van der Waals surface area contributed by atoms with Crippen molar-refractivity contribution >= 4 is 11.8 Å². The Hall–Kier alpha value is -1.96. The average Bonchev–Trinajstić information content (AvgIpc) is 2.75. The molecule has 1 fully saturated rings. The van der Waals surface area contributed by atoms with Crippen LogP contribution < -0.4 is 5.73 Å². The van der Waals surface area contributed by atoms with E-state index in [0.29, 0.717) is 31.3 Å². The standard InChI is InChI=1S/C14H24N6O2/c1-9(2)19-6-5-18(7-12(19)14(15)22)13(21)8-20-11(4)16-10(3)17-20/h9,12H,5-8H2,1-4H3,(H2,15,22). The molecule has 122 valence electrons. The van der Waals surface area contributed by atoms with Crippen LogP contribution in [0, 0.1) is 13.8 Å². The fraction of sp³-hybridized carbons (Fsp3) is 0.714. The molecule has 1 saturated heterocycles. The van der Waals surface area contributed by atoms with Crippen LogP contribution in [0.4, 0.5) is 0 Å². The average molecular weight is 308 g/mol. The number of rotatable bonds is 4. The minimum absolute atomic E-state index is 0.0670. The molecule has 2 amide bonds. The van der Waals surface area contributed by atoms with Gasteiger partial charge in [0.25, 0.3) is 0 Å². The first-order valence-electron chi connectivity index (χ1n) is 7.50. The van der Waals surface area contributed by atoms with Gasteiger partial charge < -0.3 is 10.6 Å². The first-order valence-corrected chi connectivity index (χ1v) is 7.50. The van der Waals surface area contributed by atoms with Crippen molar-refractivity contribution in [2.75, 3.05) is 19.6 Å². The van der Waals surface area contributed by atoms with E-state index < -0.39 is 6.04 Å². The quantitative estimate of drug-likeness (QED) is 0.793. The summed E-state index contributed by atoms with van der Waals surface area (Å²) in [6.45, 7) is 9.36. The number of nitrogens with two attached hydrogens (primary N) is 1. The van der Waals surface area contributed by atoms with Crippen LogP contribution in [0.3, 0.4) is 0 Å². The molecule has 22 heavy (non-hydrogen) atoms. The topological polar surface area (TPSA) is 97.4 Å². The monoisotopic (exact) mass is 308 g/mol. The molecule has 0 aromatic carbocycles. The van der Waals surface area contributed by atoms with Gasteiger partial charge in [-0.3, -0.25) is 14.5 Å². The number of piperazine rings is 1. The zero-order valence-electron chi connectivity index (χ0n) is 13.6. The molecule has 8 heteroatoms. The van der Waals surface area contributed by atoms with Crippen LogP contribution in [0.15, 0.2) is 0 Å². The van der Waals surface area contributed by atoms with Crippen LogP contribution in [-0.4, -0.2) is 68.1 Å². The molecule has 0 saturated carbocycles. The SMILES string of the molecule is Cc1nc(C)n(CC(=O)N2CCN(C(C)C)C(C(N)=O)C2)n1. The van der Waals surface area contributed by atoms with Crippen LogP contribution in [0.5, 0.6) is 0 Å². The maximum absolute atomic E-state index is 12.4. The number of hydrogen-bond acceptors (Lipinski definition) is 5. The number of hydrogen-bond donors (Lipinski definition) is 1. The largest absolute Gasteiger partial charge is 0.368 e. The van der Waals surface area contributed by atoms with Crippen molar-refractivity contribution in [3.05, 3.63) is 11.6 Å². The molecule has 2 heterocycles. The summed E-state index contributed by atoms with van der Waals surface area (Å²) in [7, 11) is 0. The maximum atomic E-state index is 12.4. The van der Waals surface area contributed by atoms with E-state index in [4.69, 9.17) is 5.73 Å². The molecule has 1 aromatic rings. The highest BCUT2D eigenvalue weighted by Gasteiger charge is 2.34. The molecule has 1 aromatic heterocycles. The molecular weight excluding hydrogens is 284 g/mol. The van der Waals surface area contributed by atoms with E-state index in [-0.39, 0.29) is 24.4 Å². The van der Waals surface area contributed by atoms with Gasteiger partial charge in [0, 0.05) is 25.7 Å². The first-order chi connectivity index (χ1) is 10.3. The summed E-state index contributed by atoms with van der Waals surface area (Å²) < 4.78 is 1.59. The number of primary amides is 1. The zero-order valence-corrected chi connectivity index (χ0v) is 13.6. The number of aryl methyl sites for hydroxylation is 2. The molecule has 1 atom stereocenters. The summed E-state index contributed by atoms with van der Waals surface area (Å²) in [5.41, 5.74) is 5.49. The first kappa shape index (κ1) is 16.4. The van der Waals surface area contributed by atoms with E-state index >= 15 is 0 Å². The van der Waals surface area contributed by atoms with Crippen molar-refractivity contribution in [1.29, 1.82) is 0 Å². The Balaban J connectivity index is 2.05. The molecule has 0 bridgehead atoms. The molecule has 0 spiro atoms. The molecular formula is C14H24N6O2. The third-order valence-corrected chi connectivity index (χ3v) is 4.01. The smallest absolute Gasteiger partial charge is 0.244 e. The van der Waals surface area contributed by atoms with Gasteiger partial charge in [0.05, 0.1) is 0 Å². The molecule has 2 N–H and O–H groups in total. The van der Waals surface area contributed by atoms with Crippen molar-refractivity contribution in [3.63, 3.8) is 0 Å². The van der Waals surface area contributed by atoms with E-state index in [9.17, 15) is 9.59 Å². The number of nitrogens with zero attached hydrogens (tertiary/aromatic N) is 5. The lowest BCUT2D eigenvalue weighted by Gasteiger charge is -2.42. The lowest BCUT2D eigenvalue weighted by Crippen LogP contribution is -2.61. The van der Waals surface area contributed by atoms with Gasteiger partial charge in [0.1, 0.15) is 24.2 Å². The highest BCUT2D eigenvalue weighted by atomic mass is 16.2. The summed E-state index contributed by atoms with van der Waals surface area (Å²) in [5.74, 6) is 0.893. The molecule has 0 radical (unpaired) electrons. The minimum atomic E-state index is -0.434.